The third-order valence-electron chi connectivity index (χ3n) is 1.47. The molecule has 0 saturated heterocycles. The molecule has 0 heterocycles. The number of nitrogens with one attached hydrogen (secondary N) is 1. The molecule has 0 bridgehead atoms. The first kappa shape index (κ1) is 11.9. The number of likely N-dealkylation sites (N-methyl/N-ethyl adjacent to an activating group) is 1. The molecule has 0 spiro atoms. The SMILES string of the molecule is CN[C@@H](CC(C)C)C(=O)OP=S. The highest BCUT2D eigenvalue weighted by Gasteiger charge is 2.18. The fourth-order valence-corrected chi connectivity index (χ4v) is 1.32. The minimum Gasteiger partial charge on any atom is -0.394 e. The second-order valence-electron chi connectivity index (χ2n) is 2.96. The van der Waals surface area contributed by atoms with Gasteiger partial charge in [-0.1, -0.05) is 13.8 Å². The molecule has 0 amide bonds. The van der Waals surface area contributed by atoms with Crippen molar-refractivity contribution in [2.45, 2.75) is 26.3 Å². The lowest BCUT2D eigenvalue weighted by molar-refractivity contribution is -0.135. The first-order valence-electron chi connectivity index (χ1n) is 3.82. The summed E-state index contributed by atoms with van der Waals surface area (Å²) in [6, 6.07) is -0.222. The van der Waals surface area contributed by atoms with Gasteiger partial charge in [-0.25, -0.2) is 4.79 Å². The van der Waals surface area contributed by atoms with Crippen LogP contribution in [0.1, 0.15) is 20.3 Å². The lowest BCUT2D eigenvalue weighted by atomic mass is 10.0. The van der Waals surface area contributed by atoms with Gasteiger partial charge in [0, 0.05) is 0 Å². The van der Waals surface area contributed by atoms with Gasteiger partial charge >= 0.3 is 5.97 Å². The minimum atomic E-state index is -0.261. The van der Waals surface area contributed by atoms with Crippen LogP contribution in [0.3, 0.4) is 0 Å². The molecule has 0 aromatic rings. The maximum Gasteiger partial charge on any atom is 0.332 e. The molecule has 0 saturated carbocycles. The molecule has 0 rings (SSSR count). The second kappa shape index (κ2) is 6.46. The monoisotopic (exact) mass is 207 g/mol. The Kier molecular flexibility index (Phi) is 6.44. The molecule has 1 N–H and O–H groups in total. The van der Waals surface area contributed by atoms with E-state index >= 15 is 0 Å². The molecule has 12 heavy (non-hydrogen) atoms. The number of hydrogen-bond donors (Lipinski definition) is 1. The molecule has 1 atom stereocenters. The Hall–Kier alpha value is -0.0500. The lowest BCUT2D eigenvalue weighted by Gasteiger charge is -2.14. The van der Waals surface area contributed by atoms with Gasteiger partial charge in [0.2, 0.25) is 7.58 Å². The fraction of sp³-hybridized carbons (Fsp3) is 0.857. The third-order valence-corrected chi connectivity index (χ3v) is 1.95. The molecule has 3 nitrogen and oxygen atoms in total. The standard InChI is InChI=1S/C7H14NO2PS/c1-5(2)4-6(8-3)7(9)10-11-12/h5-6,8H,4H2,1-3H3/t6-/m0/s1. The summed E-state index contributed by atoms with van der Waals surface area (Å²) in [6.07, 6.45) is 0.778. The molecule has 0 fully saturated rings. The molecular weight excluding hydrogens is 193 g/mol. The molecule has 0 aliphatic heterocycles. The largest absolute Gasteiger partial charge is 0.394 e. The lowest BCUT2D eigenvalue weighted by Crippen LogP contribution is -2.35. The van der Waals surface area contributed by atoms with E-state index in [1.54, 1.807) is 7.05 Å². The van der Waals surface area contributed by atoms with Crippen LogP contribution < -0.4 is 5.32 Å². The van der Waals surface area contributed by atoms with Gasteiger partial charge in [0.05, 0.1) is 0 Å². The van der Waals surface area contributed by atoms with E-state index in [0.29, 0.717) is 5.92 Å². The molecule has 0 aliphatic carbocycles. The van der Waals surface area contributed by atoms with Crippen molar-refractivity contribution in [2.24, 2.45) is 5.92 Å². The van der Waals surface area contributed by atoms with E-state index in [2.05, 4.69) is 35.5 Å². The molecule has 0 radical (unpaired) electrons. The van der Waals surface area contributed by atoms with Crippen LogP contribution in [0.4, 0.5) is 0 Å². The fourth-order valence-electron chi connectivity index (χ4n) is 0.904. The Labute approximate surface area is 79.8 Å². The van der Waals surface area contributed by atoms with Gasteiger partial charge in [-0.05, 0) is 31.2 Å². The molecule has 0 aromatic carbocycles. The van der Waals surface area contributed by atoms with E-state index in [4.69, 9.17) is 0 Å². The summed E-state index contributed by atoms with van der Waals surface area (Å²) in [5.74, 6) is 0.208. The number of rotatable bonds is 5. The quantitative estimate of drug-likeness (QED) is 0.693. The minimum absolute atomic E-state index is 0.222. The number of hydrogen-bond acceptors (Lipinski definition) is 4. The first-order valence-corrected chi connectivity index (χ1v) is 5.65. The third kappa shape index (κ3) is 4.75. The Bertz CT molecular complexity index is 163. The highest BCUT2D eigenvalue weighted by Crippen LogP contribution is 2.08. The summed E-state index contributed by atoms with van der Waals surface area (Å²) in [6.45, 7) is 4.12. The van der Waals surface area contributed by atoms with Crippen LogP contribution in [0, 0.1) is 5.92 Å². The van der Waals surface area contributed by atoms with Crippen molar-refractivity contribution in [1.82, 2.24) is 5.32 Å². The summed E-state index contributed by atoms with van der Waals surface area (Å²) in [7, 11) is 1.99. The first-order chi connectivity index (χ1) is 5.61. The van der Waals surface area contributed by atoms with Gasteiger partial charge in [-0.3, -0.25) is 0 Å². The van der Waals surface area contributed by atoms with Crippen molar-refractivity contribution >= 4 is 25.4 Å². The van der Waals surface area contributed by atoms with Crippen molar-refractivity contribution in [3.63, 3.8) is 0 Å². The van der Waals surface area contributed by atoms with Crippen LogP contribution in [-0.4, -0.2) is 19.1 Å². The van der Waals surface area contributed by atoms with Crippen molar-refractivity contribution in [3.8, 4) is 0 Å². The number of carbonyl (C=O) groups is 1. The van der Waals surface area contributed by atoms with Crippen LogP contribution in [0.25, 0.3) is 0 Å². The average molecular weight is 207 g/mol. The van der Waals surface area contributed by atoms with E-state index in [-0.39, 0.29) is 19.6 Å². The van der Waals surface area contributed by atoms with E-state index < -0.39 is 0 Å². The average Bonchev–Trinajstić information content (AvgIpc) is 2.00. The van der Waals surface area contributed by atoms with Gasteiger partial charge in [0.25, 0.3) is 0 Å². The zero-order valence-electron chi connectivity index (χ0n) is 7.53. The van der Waals surface area contributed by atoms with E-state index in [0.717, 1.165) is 6.42 Å². The van der Waals surface area contributed by atoms with Crippen LogP contribution >= 0.6 is 7.58 Å². The van der Waals surface area contributed by atoms with Crippen LogP contribution in [0.2, 0.25) is 0 Å². The van der Waals surface area contributed by atoms with Crippen LogP contribution in [-0.2, 0) is 21.1 Å². The summed E-state index contributed by atoms with van der Waals surface area (Å²) in [4.78, 5) is 11.2. The Morgan fingerprint density at radius 2 is 2.25 bits per heavy atom. The molecule has 0 aromatic heterocycles. The molecule has 5 heteroatoms. The Morgan fingerprint density at radius 3 is 2.58 bits per heavy atom. The molecule has 0 unspecified atom stereocenters. The topological polar surface area (TPSA) is 38.3 Å². The zero-order chi connectivity index (χ0) is 9.56. The summed E-state index contributed by atoms with van der Waals surface area (Å²) < 4.78 is 4.68. The highest BCUT2D eigenvalue weighted by molar-refractivity contribution is 7.94. The van der Waals surface area contributed by atoms with E-state index in [1.807, 2.05) is 0 Å². The van der Waals surface area contributed by atoms with Gasteiger partial charge in [0.15, 0.2) is 0 Å². The second-order valence-corrected chi connectivity index (χ2v) is 3.73. The highest BCUT2D eigenvalue weighted by atomic mass is 32.4. The smallest absolute Gasteiger partial charge is 0.332 e. The number of carbonyl (C=O) groups excluding carboxylic acids is 1. The zero-order valence-corrected chi connectivity index (χ0v) is 9.24. The van der Waals surface area contributed by atoms with Crippen LogP contribution in [0.15, 0.2) is 0 Å². The van der Waals surface area contributed by atoms with Crippen molar-refractivity contribution < 1.29 is 9.32 Å². The van der Waals surface area contributed by atoms with Crippen molar-refractivity contribution in [1.29, 1.82) is 0 Å². The summed E-state index contributed by atoms with van der Waals surface area (Å²) in [5.41, 5.74) is 0. The molecule has 70 valence electrons. The predicted octanol–water partition coefficient (Wildman–Crippen LogP) is 1.49. The van der Waals surface area contributed by atoms with Gasteiger partial charge in [0.1, 0.15) is 6.04 Å². The molecular formula is C7H14NO2PS. The van der Waals surface area contributed by atoms with E-state index in [1.165, 1.54) is 0 Å². The molecule has 0 aliphatic rings. The summed E-state index contributed by atoms with van der Waals surface area (Å²) in [5, 5.41) is 2.89. The van der Waals surface area contributed by atoms with Crippen molar-refractivity contribution in [2.75, 3.05) is 7.05 Å². The maximum absolute atomic E-state index is 11.2. The van der Waals surface area contributed by atoms with Gasteiger partial charge in [-0.15, -0.1) is 0 Å². The van der Waals surface area contributed by atoms with Crippen molar-refractivity contribution in [3.05, 3.63) is 0 Å². The summed E-state index contributed by atoms with van der Waals surface area (Å²) >= 11 is 4.51. The maximum atomic E-state index is 11.2. The van der Waals surface area contributed by atoms with E-state index in [9.17, 15) is 4.79 Å². The van der Waals surface area contributed by atoms with Gasteiger partial charge in [-0.2, -0.15) is 0 Å². The normalized spacial score (nSPS) is 13.3. The van der Waals surface area contributed by atoms with Gasteiger partial charge < -0.3 is 9.84 Å². The van der Waals surface area contributed by atoms with Crippen LogP contribution in [0.5, 0.6) is 0 Å². The predicted molar refractivity (Wildman–Crippen MR) is 52.7 cm³/mol. The Balaban J connectivity index is 3.95. The Morgan fingerprint density at radius 1 is 1.67 bits per heavy atom.